The van der Waals surface area contributed by atoms with Gasteiger partial charge in [-0.2, -0.15) is 10.4 Å². The van der Waals surface area contributed by atoms with Gasteiger partial charge in [-0.05, 0) is 10.8 Å². The molecule has 3 aromatic rings. The van der Waals surface area contributed by atoms with Gasteiger partial charge >= 0.3 is 0 Å². The number of carbonyl (C=O) groups excluding carboxylic acids is 1. The van der Waals surface area contributed by atoms with Gasteiger partial charge in [0.25, 0.3) is 0 Å². The number of fused-ring (bicyclic) bond motifs is 1. The molecule has 108 valence electrons. The summed E-state index contributed by atoms with van der Waals surface area (Å²) in [7, 11) is 0. The molecule has 0 N–H and O–H groups in total. The number of carboxylic acids is 1. The fourth-order valence-electron chi connectivity index (χ4n) is 2.48. The van der Waals surface area contributed by atoms with E-state index in [2.05, 4.69) is 5.10 Å². The molecular formula is C17H12N3O2-. The lowest BCUT2D eigenvalue weighted by Crippen LogP contribution is -2.22. The van der Waals surface area contributed by atoms with Gasteiger partial charge in [-0.15, -0.1) is 0 Å². The molecule has 5 heteroatoms. The smallest absolute Gasteiger partial charge is 0.102 e. The van der Waals surface area contributed by atoms with Crippen molar-refractivity contribution < 1.29 is 9.90 Å². The number of carbonyl (C=O) groups is 1. The average Bonchev–Trinajstić information content (AvgIpc) is 2.96. The minimum absolute atomic E-state index is 0.0364. The lowest BCUT2D eigenvalue weighted by Gasteiger charge is -2.07. The minimum Gasteiger partial charge on any atom is -0.545 e. The molecule has 22 heavy (non-hydrogen) atoms. The maximum absolute atomic E-state index is 11.4. The van der Waals surface area contributed by atoms with E-state index in [9.17, 15) is 9.90 Å². The summed E-state index contributed by atoms with van der Waals surface area (Å²) in [5, 5.41) is 26.3. The van der Waals surface area contributed by atoms with Gasteiger partial charge in [0.1, 0.15) is 5.69 Å². The summed E-state index contributed by atoms with van der Waals surface area (Å²) in [5.74, 6) is -1.27. The number of rotatable bonds is 4. The topological polar surface area (TPSA) is 81.7 Å². The Morgan fingerprint density at radius 2 is 2.00 bits per heavy atom. The van der Waals surface area contributed by atoms with Gasteiger partial charge in [0.2, 0.25) is 0 Å². The van der Waals surface area contributed by atoms with Crippen LogP contribution in [0.4, 0.5) is 0 Å². The van der Waals surface area contributed by atoms with E-state index in [0.29, 0.717) is 12.2 Å². The predicted octanol–water partition coefficient (Wildman–Crippen LogP) is 1.98. The van der Waals surface area contributed by atoms with Crippen molar-refractivity contribution in [2.45, 2.75) is 13.0 Å². The van der Waals surface area contributed by atoms with Crippen molar-refractivity contribution in [2.24, 2.45) is 0 Å². The van der Waals surface area contributed by atoms with Crippen LogP contribution in [0.15, 0.2) is 48.7 Å². The van der Waals surface area contributed by atoms with E-state index in [1.807, 2.05) is 48.5 Å². The molecule has 0 amide bonds. The number of hydrogen-bond donors (Lipinski definition) is 0. The van der Waals surface area contributed by atoms with Crippen molar-refractivity contribution in [3.63, 3.8) is 0 Å². The highest BCUT2D eigenvalue weighted by Crippen LogP contribution is 2.29. The highest BCUT2D eigenvalue weighted by molar-refractivity contribution is 6.01. The Labute approximate surface area is 127 Å². The molecule has 1 aromatic heterocycles. The summed E-state index contributed by atoms with van der Waals surface area (Å²) >= 11 is 0. The van der Waals surface area contributed by atoms with Gasteiger partial charge in [-0.1, -0.05) is 42.5 Å². The average molecular weight is 290 g/mol. The standard InChI is InChI=1S/C17H13N3O2/c18-9-4-10-20-11-15(17(21)22)16(19-20)14-8-3-6-12-5-1-2-7-13(12)14/h1-3,5-8,11H,4,10H2,(H,21,22)/p-1. The van der Waals surface area contributed by atoms with E-state index < -0.39 is 5.97 Å². The minimum atomic E-state index is -1.27. The Morgan fingerprint density at radius 3 is 2.77 bits per heavy atom. The summed E-state index contributed by atoms with van der Waals surface area (Å²) in [6.45, 7) is 0.349. The summed E-state index contributed by atoms with van der Waals surface area (Å²) < 4.78 is 1.48. The highest BCUT2D eigenvalue weighted by Gasteiger charge is 2.14. The Hall–Kier alpha value is -3.13. The van der Waals surface area contributed by atoms with Crippen LogP contribution in [-0.4, -0.2) is 15.7 Å². The lowest BCUT2D eigenvalue weighted by atomic mass is 10.0. The van der Waals surface area contributed by atoms with Crippen LogP contribution >= 0.6 is 0 Å². The maximum Gasteiger partial charge on any atom is 0.102 e. The van der Waals surface area contributed by atoms with Crippen LogP contribution < -0.4 is 5.11 Å². The maximum atomic E-state index is 11.4. The van der Waals surface area contributed by atoms with Crippen molar-refractivity contribution in [3.8, 4) is 17.3 Å². The van der Waals surface area contributed by atoms with Crippen LogP contribution in [0.5, 0.6) is 0 Å². The van der Waals surface area contributed by atoms with Crippen LogP contribution in [0.1, 0.15) is 16.8 Å². The molecule has 2 aromatic carbocycles. The number of carboxylic acid groups (broad SMARTS) is 1. The lowest BCUT2D eigenvalue weighted by molar-refractivity contribution is -0.254. The first-order valence-corrected chi connectivity index (χ1v) is 6.84. The molecule has 0 aliphatic rings. The third-order valence-corrected chi connectivity index (χ3v) is 3.48. The Balaban J connectivity index is 2.19. The van der Waals surface area contributed by atoms with E-state index >= 15 is 0 Å². The molecule has 5 nitrogen and oxygen atoms in total. The number of hydrogen-bond acceptors (Lipinski definition) is 4. The number of nitrogens with zero attached hydrogens (tertiary/aromatic N) is 3. The fourth-order valence-corrected chi connectivity index (χ4v) is 2.48. The summed E-state index contributed by atoms with van der Waals surface area (Å²) in [6.07, 6.45) is 1.69. The van der Waals surface area contributed by atoms with Crippen LogP contribution in [0.3, 0.4) is 0 Å². The van der Waals surface area contributed by atoms with Crippen molar-refractivity contribution >= 4 is 16.7 Å². The molecule has 0 atom stereocenters. The number of aromatic carboxylic acids is 1. The third kappa shape index (κ3) is 2.42. The predicted molar refractivity (Wildman–Crippen MR) is 79.7 cm³/mol. The SMILES string of the molecule is N#CCCn1cc(C(=O)[O-])c(-c2cccc3ccccc23)n1. The first kappa shape index (κ1) is 13.8. The van der Waals surface area contributed by atoms with Crippen molar-refractivity contribution in [2.75, 3.05) is 0 Å². The molecule has 0 bridgehead atoms. The molecule has 3 rings (SSSR count). The van der Waals surface area contributed by atoms with E-state index in [1.165, 1.54) is 10.9 Å². The quantitative estimate of drug-likeness (QED) is 0.735. The van der Waals surface area contributed by atoms with E-state index in [4.69, 9.17) is 5.26 Å². The van der Waals surface area contributed by atoms with Crippen LogP contribution in [0, 0.1) is 11.3 Å². The van der Waals surface area contributed by atoms with E-state index in [1.54, 1.807) is 0 Å². The summed E-state index contributed by atoms with van der Waals surface area (Å²) in [4.78, 5) is 11.4. The van der Waals surface area contributed by atoms with Gasteiger partial charge in [-0.25, -0.2) is 0 Å². The van der Waals surface area contributed by atoms with Gasteiger partial charge in [0.05, 0.1) is 25.0 Å². The number of nitriles is 1. The van der Waals surface area contributed by atoms with Crippen molar-refractivity contribution in [3.05, 3.63) is 54.2 Å². The molecule has 0 saturated carbocycles. The monoisotopic (exact) mass is 290 g/mol. The Morgan fingerprint density at radius 1 is 1.23 bits per heavy atom. The van der Waals surface area contributed by atoms with Crippen LogP contribution in [-0.2, 0) is 6.54 Å². The van der Waals surface area contributed by atoms with Gasteiger partial charge < -0.3 is 9.90 Å². The molecule has 0 aliphatic heterocycles. The van der Waals surface area contributed by atoms with Gasteiger partial charge in [0.15, 0.2) is 0 Å². The van der Waals surface area contributed by atoms with E-state index in [0.717, 1.165) is 16.3 Å². The molecule has 0 spiro atoms. The molecule has 0 unspecified atom stereocenters. The van der Waals surface area contributed by atoms with Crippen LogP contribution in [0.25, 0.3) is 22.0 Å². The first-order chi connectivity index (χ1) is 10.7. The van der Waals surface area contributed by atoms with Crippen molar-refractivity contribution in [1.29, 1.82) is 5.26 Å². The fraction of sp³-hybridized carbons (Fsp3) is 0.118. The first-order valence-electron chi connectivity index (χ1n) is 6.84. The second-order valence-corrected chi connectivity index (χ2v) is 4.88. The van der Waals surface area contributed by atoms with Gasteiger partial charge in [0, 0.05) is 17.3 Å². The largest absolute Gasteiger partial charge is 0.545 e. The van der Waals surface area contributed by atoms with Gasteiger partial charge in [-0.3, -0.25) is 4.68 Å². The molecule has 0 saturated heterocycles. The van der Waals surface area contributed by atoms with E-state index in [-0.39, 0.29) is 12.0 Å². The number of benzene rings is 2. The summed E-state index contributed by atoms with van der Waals surface area (Å²) in [5.41, 5.74) is 1.15. The zero-order valence-electron chi connectivity index (χ0n) is 11.7. The molecule has 0 aliphatic carbocycles. The zero-order valence-corrected chi connectivity index (χ0v) is 11.7. The second-order valence-electron chi connectivity index (χ2n) is 4.88. The molecule has 1 heterocycles. The number of aromatic nitrogens is 2. The molecule has 0 radical (unpaired) electrons. The summed E-state index contributed by atoms with van der Waals surface area (Å²) in [6, 6.07) is 15.4. The second kappa shape index (κ2) is 5.70. The van der Waals surface area contributed by atoms with Crippen LogP contribution in [0.2, 0.25) is 0 Å². The third-order valence-electron chi connectivity index (χ3n) is 3.48. The normalized spacial score (nSPS) is 10.5. The highest BCUT2D eigenvalue weighted by atomic mass is 16.4. The molecular weight excluding hydrogens is 278 g/mol. The molecule has 0 fully saturated rings. The zero-order chi connectivity index (χ0) is 15.5. The van der Waals surface area contributed by atoms with Crippen molar-refractivity contribution in [1.82, 2.24) is 9.78 Å². The number of aryl methyl sites for hydroxylation is 1. The Kier molecular flexibility index (Phi) is 3.58. The Bertz CT molecular complexity index is 885.